The predicted octanol–water partition coefficient (Wildman–Crippen LogP) is 1.89. The number of hydrogen-bond acceptors (Lipinski definition) is 4. The van der Waals surface area contributed by atoms with Gasteiger partial charge in [0.25, 0.3) is 11.8 Å². The smallest absolute Gasteiger partial charge is 0.261 e. The van der Waals surface area contributed by atoms with E-state index in [2.05, 4.69) is 10.6 Å². The summed E-state index contributed by atoms with van der Waals surface area (Å²) in [6.07, 6.45) is 0. The molecule has 2 aromatic carbocycles. The average Bonchev–Trinajstić information content (AvgIpc) is 2.74. The molecule has 1 heterocycles. The summed E-state index contributed by atoms with van der Waals surface area (Å²) < 4.78 is 0. The Bertz CT molecular complexity index is 693. The van der Waals surface area contributed by atoms with Crippen molar-refractivity contribution in [2.24, 2.45) is 0 Å². The number of aromatic hydroxyl groups is 1. The highest BCUT2D eigenvalue weighted by atomic mass is 16.3. The fourth-order valence-electron chi connectivity index (χ4n) is 2.18. The molecule has 0 spiro atoms. The molecule has 0 aromatic heterocycles. The van der Waals surface area contributed by atoms with Crippen molar-refractivity contribution in [2.45, 2.75) is 6.54 Å². The highest BCUT2D eigenvalue weighted by Gasteiger charge is 2.28. The lowest BCUT2D eigenvalue weighted by molar-refractivity contribution is 0.0880. The van der Waals surface area contributed by atoms with E-state index in [4.69, 9.17) is 0 Å². The van der Waals surface area contributed by atoms with Crippen LogP contribution in [0.3, 0.4) is 0 Å². The van der Waals surface area contributed by atoms with Crippen molar-refractivity contribution in [3.05, 3.63) is 59.2 Å². The first-order chi connectivity index (χ1) is 9.65. The van der Waals surface area contributed by atoms with Crippen molar-refractivity contribution in [1.82, 2.24) is 5.32 Å². The van der Waals surface area contributed by atoms with Gasteiger partial charge in [-0.2, -0.15) is 0 Å². The lowest BCUT2D eigenvalue weighted by Crippen LogP contribution is -2.20. The molecule has 20 heavy (non-hydrogen) atoms. The third-order valence-corrected chi connectivity index (χ3v) is 3.18. The third-order valence-electron chi connectivity index (χ3n) is 3.18. The Morgan fingerprint density at radius 1 is 1.00 bits per heavy atom. The minimum atomic E-state index is -0.376. The number of phenolic OH excluding ortho intramolecular Hbond substituents is 1. The van der Waals surface area contributed by atoms with Gasteiger partial charge in [0.1, 0.15) is 5.75 Å². The largest absolute Gasteiger partial charge is 0.508 e. The zero-order chi connectivity index (χ0) is 14.1. The zero-order valence-electron chi connectivity index (χ0n) is 10.5. The van der Waals surface area contributed by atoms with Crippen molar-refractivity contribution in [1.29, 1.82) is 0 Å². The molecule has 0 fully saturated rings. The van der Waals surface area contributed by atoms with Crippen molar-refractivity contribution >= 4 is 17.5 Å². The van der Waals surface area contributed by atoms with Crippen molar-refractivity contribution < 1.29 is 14.7 Å². The number of rotatable bonds is 3. The number of carbonyl (C=O) groups is 2. The summed E-state index contributed by atoms with van der Waals surface area (Å²) in [5, 5.41) is 14.6. The molecule has 1 aliphatic rings. The molecule has 0 saturated carbocycles. The van der Waals surface area contributed by atoms with Gasteiger partial charge in [-0.15, -0.1) is 0 Å². The Morgan fingerprint density at radius 3 is 2.50 bits per heavy atom. The second-order valence-corrected chi connectivity index (χ2v) is 4.53. The number of imide groups is 1. The SMILES string of the molecule is O=C1NC(=O)c2c(NCc3ccc(O)cc3)cccc21. The Labute approximate surface area is 115 Å². The number of benzene rings is 2. The highest BCUT2D eigenvalue weighted by Crippen LogP contribution is 2.24. The lowest BCUT2D eigenvalue weighted by Gasteiger charge is -2.09. The van der Waals surface area contributed by atoms with Gasteiger partial charge in [-0.25, -0.2) is 0 Å². The molecule has 0 atom stereocenters. The molecule has 100 valence electrons. The maximum atomic E-state index is 11.7. The molecule has 3 N–H and O–H groups in total. The van der Waals surface area contributed by atoms with Crippen molar-refractivity contribution in [2.75, 3.05) is 5.32 Å². The third kappa shape index (κ3) is 2.09. The number of amides is 2. The van der Waals surface area contributed by atoms with E-state index in [-0.39, 0.29) is 17.6 Å². The first kappa shape index (κ1) is 12.2. The van der Waals surface area contributed by atoms with Gasteiger partial charge in [0.2, 0.25) is 0 Å². The summed E-state index contributed by atoms with van der Waals surface area (Å²) in [6.45, 7) is 0.498. The van der Waals surface area contributed by atoms with Crippen LogP contribution in [0.2, 0.25) is 0 Å². The second-order valence-electron chi connectivity index (χ2n) is 4.53. The van der Waals surface area contributed by atoms with Gasteiger partial charge in [0, 0.05) is 12.2 Å². The molecule has 2 aromatic rings. The molecule has 0 aliphatic carbocycles. The Balaban J connectivity index is 1.84. The van der Waals surface area contributed by atoms with Gasteiger partial charge in [0.05, 0.1) is 11.1 Å². The summed E-state index contributed by atoms with van der Waals surface area (Å²) in [5.41, 5.74) is 2.37. The minimum Gasteiger partial charge on any atom is -0.508 e. The summed E-state index contributed by atoms with van der Waals surface area (Å²) in [6, 6.07) is 11.9. The monoisotopic (exact) mass is 268 g/mol. The van der Waals surface area contributed by atoms with Crippen LogP contribution in [-0.4, -0.2) is 16.9 Å². The van der Waals surface area contributed by atoms with Gasteiger partial charge in [-0.05, 0) is 29.8 Å². The van der Waals surface area contributed by atoms with Crippen LogP contribution in [0.15, 0.2) is 42.5 Å². The Hall–Kier alpha value is -2.82. The van der Waals surface area contributed by atoms with Crippen LogP contribution in [0, 0.1) is 0 Å². The fraction of sp³-hybridized carbons (Fsp3) is 0.0667. The van der Waals surface area contributed by atoms with E-state index in [1.54, 1.807) is 42.5 Å². The van der Waals surface area contributed by atoms with Crippen LogP contribution in [-0.2, 0) is 6.54 Å². The fourth-order valence-corrected chi connectivity index (χ4v) is 2.18. The molecular formula is C15H12N2O3. The van der Waals surface area contributed by atoms with E-state index >= 15 is 0 Å². The highest BCUT2D eigenvalue weighted by molar-refractivity contribution is 6.23. The quantitative estimate of drug-likeness (QED) is 0.743. The van der Waals surface area contributed by atoms with Crippen LogP contribution >= 0.6 is 0 Å². The van der Waals surface area contributed by atoms with Gasteiger partial charge in [0.15, 0.2) is 0 Å². The molecule has 5 nitrogen and oxygen atoms in total. The molecule has 5 heteroatoms. The summed E-state index contributed by atoms with van der Waals surface area (Å²) >= 11 is 0. The number of anilines is 1. The molecule has 0 bridgehead atoms. The molecule has 1 aliphatic heterocycles. The molecule has 3 rings (SSSR count). The summed E-state index contributed by atoms with van der Waals surface area (Å²) in [5.74, 6) is -0.531. The molecule has 2 amide bonds. The van der Waals surface area contributed by atoms with E-state index in [9.17, 15) is 14.7 Å². The predicted molar refractivity (Wildman–Crippen MR) is 73.7 cm³/mol. The molecule has 0 unspecified atom stereocenters. The maximum Gasteiger partial charge on any atom is 0.261 e. The average molecular weight is 268 g/mol. The maximum absolute atomic E-state index is 11.7. The summed E-state index contributed by atoms with van der Waals surface area (Å²) in [7, 11) is 0. The van der Waals surface area contributed by atoms with E-state index < -0.39 is 0 Å². The van der Waals surface area contributed by atoms with Crippen molar-refractivity contribution in [3.8, 4) is 5.75 Å². The van der Waals surface area contributed by atoms with Crippen LogP contribution < -0.4 is 10.6 Å². The van der Waals surface area contributed by atoms with Gasteiger partial charge < -0.3 is 10.4 Å². The molecule has 0 saturated heterocycles. The van der Waals surface area contributed by atoms with E-state index in [0.29, 0.717) is 23.4 Å². The number of nitrogens with one attached hydrogen (secondary N) is 2. The van der Waals surface area contributed by atoms with Gasteiger partial charge in [-0.1, -0.05) is 18.2 Å². The standard InChI is InChI=1S/C15H12N2O3/c18-10-6-4-9(5-7-10)8-16-12-3-1-2-11-13(12)15(20)17-14(11)19/h1-7,16,18H,8H2,(H,17,19,20). The molecule has 0 radical (unpaired) electrons. The van der Waals surface area contributed by atoms with Crippen LogP contribution in [0.4, 0.5) is 5.69 Å². The number of phenols is 1. The number of fused-ring (bicyclic) bond motifs is 1. The van der Waals surface area contributed by atoms with Crippen molar-refractivity contribution in [3.63, 3.8) is 0 Å². The first-order valence-electron chi connectivity index (χ1n) is 6.15. The van der Waals surface area contributed by atoms with Crippen LogP contribution in [0.1, 0.15) is 26.3 Å². The minimum absolute atomic E-state index is 0.208. The zero-order valence-corrected chi connectivity index (χ0v) is 10.5. The Morgan fingerprint density at radius 2 is 1.75 bits per heavy atom. The van der Waals surface area contributed by atoms with Crippen LogP contribution in [0.5, 0.6) is 5.75 Å². The lowest BCUT2D eigenvalue weighted by atomic mass is 10.1. The van der Waals surface area contributed by atoms with E-state index in [1.165, 1.54) is 0 Å². The van der Waals surface area contributed by atoms with Gasteiger partial charge in [-0.3, -0.25) is 14.9 Å². The number of carbonyl (C=O) groups excluding carboxylic acids is 2. The second kappa shape index (κ2) is 4.70. The topological polar surface area (TPSA) is 78.4 Å². The molecular weight excluding hydrogens is 256 g/mol. The Kier molecular flexibility index (Phi) is 2.87. The van der Waals surface area contributed by atoms with Gasteiger partial charge >= 0.3 is 0 Å². The normalized spacial score (nSPS) is 13.0. The number of hydrogen-bond donors (Lipinski definition) is 3. The first-order valence-corrected chi connectivity index (χ1v) is 6.15. The van der Waals surface area contributed by atoms with E-state index in [1.807, 2.05) is 0 Å². The summed E-state index contributed by atoms with van der Waals surface area (Å²) in [4.78, 5) is 23.3. The van der Waals surface area contributed by atoms with E-state index in [0.717, 1.165) is 5.56 Å². The van der Waals surface area contributed by atoms with Crippen LogP contribution in [0.25, 0.3) is 0 Å².